The summed E-state index contributed by atoms with van der Waals surface area (Å²) < 4.78 is 45.7. The smallest absolute Gasteiger partial charge is 0.379 e. The summed E-state index contributed by atoms with van der Waals surface area (Å²) in [6.45, 7) is 3.87. The first-order chi connectivity index (χ1) is 12.3. The van der Waals surface area contributed by atoms with Crippen LogP contribution in [0.25, 0.3) is 11.0 Å². The number of carbonyl (C=O) groups excluding carboxylic acids is 1. The van der Waals surface area contributed by atoms with Gasteiger partial charge < -0.3 is 19.9 Å². The highest BCUT2D eigenvalue weighted by atomic mass is 19.4. The van der Waals surface area contributed by atoms with Crippen molar-refractivity contribution in [2.75, 3.05) is 19.8 Å². The first-order valence-electron chi connectivity index (χ1n) is 8.42. The lowest BCUT2D eigenvalue weighted by atomic mass is 10.2. The Hall–Kier alpha value is -2.13. The fraction of sp³-hybridized carbons (Fsp3) is 0.529. The monoisotopic (exact) mass is 370 g/mol. The number of halogens is 3. The van der Waals surface area contributed by atoms with Crippen molar-refractivity contribution >= 4 is 16.9 Å². The largest absolute Gasteiger partial charge is 0.417 e. The van der Waals surface area contributed by atoms with Crippen LogP contribution >= 0.6 is 0 Å². The number of nitrogens with two attached hydrogens (primary N) is 1. The molecule has 9 heteroatoms. The van der Waals surface area contributed by atoms with Gasteiger partial charge >= 0.3 is 6.18 Å². The SMILES string of the molecule is CC(N)COCCC(=O)N1CCn2c(cc3cc(C(F)(F)F)cnc32)C1. The minimum atomic E-state index is -4.42. The van der Waals surface area contributed by atoms with Crippen molar-refractivity contribution in [3.63, 3.8) is 0 Å². The standard InChI is InChI=1S/C17H21F3N4O2/c1-11(21)10-26-5-2-15(25)23-3-4-24-14(9-23)7-12-6-13(17(18,19)20)8-22-16(12)24/h6-8,11H,2-5,9-10,21H2,1H3. The summed E-state index contributed by atoms with van der Waals surface area (Å²) in [7, 11) is 0. The van der Waals surface area contributed by atoms with Crippen molar-refractivity contribution in [3.05, 3.63) is 29.6 Å². The lowest BCUT2D eigenvalue weighted by molar-refractivity contribution is -0.137. The fourth-order valence-corrected chi connectivity index (χ4v) is 3.03. The summed E-state index contributed by atoms with van der Waals surface area (Å²) in [5.41, 5.74) is 6.10. The van der Waals surface area contributed by atoms with Crippen molar-refractivity contribution in [1.29, 1.82) is 0 Å². The van der Waals surface area contributed by atoms with E-state index in [2.05, 4.69) is 4.98 Å². The summed E-state index contributed by atoms with van der Waals surface area (Å²) in [5.74, 6) is -0.0462. The van der Waals surface area contributed by atoms with Gasteiger partial charge in [-0.3, -0.25) is 4.79 Å². The van der Waals surface area contributed by atoms with E-state index in [0.29, 0.717) is 43.9 Å². The second kappa shape index (κ2) is 7.24. The molecule has 0 fully saturated rings. The molecule has 1 amide bonds. The Morgan fingerprint density at radius 2 is 2.15 bits per heavy atom. The van der Waals surface area contributed by atoms with E-state index < -0.39 is 11.7 Å². The maximum atomic E-state index is 12.8. The molecular formula is C17H21F3N4O2. The first-order valence-corrected chi connectivity index (χ1v) is 8.42. The first kappa shape index (κ1) is 18.7. The number of aromatic nitrogens is 2. The Morgan fingerprint density at radius 3 is 2.85 bits per heavy atom. The molecule has 0 saturated carbocycles. The van der Waals surface area contributed by atoms with Crippen LogP contribution in [0.15, 0.2) is 18.3 Å². The summed E-state index contributed by atoms with van der Waals surface area (Å²) >= 11 is 0. The Labute approximate surface area is 148 Å². The van der Waals surface area contributed by atoms with Crippen LogP contribution in [0, 0.1) is 0 Å². The topological polar surface area (TPSA) is 73.4 Å². The van der Waals surface area contributed by atoms with Crippen LogP contribution in [0.5, 0.6) is 0 Å². The Kier molecular flexibility index (Phi) is 5.19. The average molecular weight is 370 g/mol. The van der Waals surface area contributed by atoms with Crippen molar-refractivity contribution in [1.82, 2.24) is 14.5 Å². The molecule has 2 aromatic heterocycles. The van der Waals surface area contributed by atoms with Crippen LogP contribution in [-0.2, 0) is 28.8 Å². The van der Waals surface area contributed by atoms with E-state index in [1.165, 1.54) is 0 Å². The molecule has 2 aromatic rings. The summed E-state index contributed by atoms with van der Waals surface area (Å²) in [5, 5.41) is 0.435. The molecule has 1 atom stereocenters. The van der Waals surface area contributed by atoms with Crippen LogP contribution in [0.2, 0.25) is 0 Å². The molecule has 2 N–H and O–H groups in total. The van der Waals surface area contributed by atoms with Gasteiger partial charge in [-0.2, -0.15) is 13.2 Å². The van der Waals surface area contributed by atoms with Crippen molar-refractivity contribution in [3.8, 4) is 0 Å². The van der Waals surface area contributed by atoms with Crippen LogP contribution < -0.4 is 5.73 Å². The Morgan fingerprint density at radius 1 is 1.38 bits per heavy atom. The molecule has 1 unspecified atom stereocenters. The molecule has 0 spiro atoms. The van der Waals surface area contributed by atoms with Gasteiger partial charge in [-0.1, -0.05) is 0 Å². The molecule has 142 valence electrons. The molecule has 0 aromatic carbocycles. The lowest BCUT2D eigenvalue weighted by Crippen LogP contribution is -2.38. The van der Waals surface area contributed by atoms with Crippen LogP contribution in [-0.4, -0.2) is 46.2 Å². The van der Waals surface area contributed by atoms with Gasteiger partial charge in [0, 0.05) is 36.4 Å². The third-order valence-electron chi connectivity index (χ3n) is 4.29. The van der Waals surface area contributed by atoms with Gasteiger partial charge in [0.2, 0.25) is 5.91 Å². The molecular weight excluding hydrogens is 349 g/mol. The van der Waals surface area contributed by atoms with Crippen molar-refractivity contribution in [2.45, 2.75) is 38.7 Å². The van der Waals surface area contributed by atoms with Crippen LogP contribution in [0.1, 0.15) is 24.6 Å². The van der Waals surface area contributed by atoms with Gasteiger partial charge in [0.05, 0.1) is 31.7 Å². The predicted octanol–water partition coefficient (Wildman–Crippen LogP) is 2.15. The van der Waals surface area contributed by atoms with Crippen LogP contribution in [0.4, 0.5) is 13.2 Å². The number of hydrogen-bond acceptors (Lipinski definition) is 4. The second-order valence-corrected chi connectivity index (χ2v) is 6.54. The molecule has 3 heterocycles. The number of nitrogens with zero attached hydrogens (tertiary/aromatic N) is 3. The molecule has 0 saturated heterocycles. The van der Waals surface area contributed by atoms with Gasteiger partial charge in [0.1, 0.15) is 5.65 Å². The second-order valence-electron chi connectivity index (χ2n) is 6.54. The minimum Gasteiger partial charge on any atom is -0.379 e. The van der Waals surface area contributed by atoms with Crippen molar-refractivity contribution < 1.29 is 22.7 Å². The highest BCUT2D eigenvalue weighted by Gasteiger charge is 2.32. The number of carbonyl (C=O) groups is 1. The lowest BCUT2D eigenvalue weighted by Gasteiger charge is -2.28. The Balaban J connectivity index is 1.69. The van der Waals surface area contributed by atoms with Gasteiger partial charge in [-0.05, 0) is 19.1 Å². The zero-order chi connectivity index (χ0) is 18.9. The molecule has 6 nitrogen and oxygen atoms in total. The number of hydrogen-bond donors (Lipinski definition) is 1. The molecule has 1 aliphatic heterocycles. The van der Waals surface area contributed by atoms with Gasteiger partial charge in [-0.15, -0.1) is 0 Å². The van der Waals surface area contributed by atoms with E-state index in [1.54, 1.807) is 11.0 Å². The van der Waals surface area contributed by atoms with E-state index in [4.69, 9.17) is 10.5 Å². The van der Waals surface area contributed by atoms with Gasteiger partial charge in [0.25, 0.3) is 0 Å². The van der Waals surface area contributed by atoms with E-state index in [1.807, 2.05) is 11.5 Å². The third-order valence-corrected chi connectivity index (χ3v) is 4.29. The summed E-state index contributed by atoms with van der Waals surface area (Å²) in [6, 6.07) is 2.69. The molecule has 1 aliphatic rings. The number of ether oxygens (including phenoxy) is 1. The molecule has 26 heavy (non-hydrogen) atoms. The third kappa shape index (κ3) is 3.99. The maximum Gasteiger partial charge on any atom is 0.417 e. The summed E-state index contributed by atoms with van der Waals surface area (Å²) in [4.78, 5) is 18.0. The van der Waals surface area contributed by atoms with Gasteiger partial charge in [-0.25, -0.2) is 4.98 Å². The molecule has 0 aliphatic carbocycles. The quantitative estimate of drug-likeness (QED) is 0.819. The number of pyridine rings is 1. The van der Waals surface area contributed by atoms with E-state index in [0.717, 1.165) is 18.0 Å². The fourth-order valence-electron chi connectivity index (χ4n) is 3.03. The highest BCUT2D eigenvalue weighted by molar-refractivity contribution is 5.80. The molecule has 0 radical (unpaired) electrons. The van der Waals surface area contributed by atoms with Crippen molar-refractivity contribution in [2.24, 2.45) is 5.73 Å². The normalized spacial score (nSPS) is 16.0. The van der Waals surface area contributed by atoms with E-state index >= 15 is 0 Å². The number of rotatable bonds is 5. The average Bonchev–Trinajstić information content (AvgIpc) is 2.94. The molecule has 0 bridgehead atoms. The number of alkyl halides is 3. The Bertz CT molecular complexity index is 801. The zero-order valence-electron chi connectivity index (χ0n) is 14.4. The zero-order valence-corrected chi connectivity index (χ0v) is 14.4. The maximum absolute atomic E-state index is 12.8. The molecule has 3 rings (SSSR count). The number of fused-ring (bicyclic) bond motifs is 3. The van der Waals surface area contributed by atoms with E-state index in [-0.39, 0.29) is 18.4 Å². The van der Waals surface area contributed by atoms with Crippen LogP contribution in [0.3, 0.4) is 0 Å². The predicted molar refractivity (Wildman–Crippen MR) is 89.2 cm³/mol. The van der Waals surface area contributed by atoms with Gasteiger partial charge in [0.15, 0.2) is 0 Å². The minimum absolute atomic E-state index is 0.0462. The highest BCUT2D eigenvalue weighted by Crippen LogP contribution is 2.32. The summed E-state index contributed by atoms with van der Waals surface area (Å²) in [6.07, 6.45) is -3.32. The number of amides is 1. The van der Waals surface area contributed by atoms with E-state index in [9.17, 15) is 18.0 Å².